The molecule has 20 heavy (non-hydrogen) atoms. The van der Waals surface area contributed by atoms with Crippen molar-refractivity contribution in [3.8, 4) is 5.82 Å². The normalized spacial score (nSPS) is 10.9. The fraction of sp³-hybridized carbons (Fsp3) is 0.231. The summed E-state index contributed by atoms with van der Waals surface area (Å²) in [7, 11) is 0. The van der Waals surface area contributed by atoms with Gasteiger partial charge < -0.3 is 5.32 Å². The van der Waals surface area contributed by atoms with Crippen LogP contribution in [-0.4, -0.2) is 31.5 Å². The molecule has 1 aromatic carbocycles. The monoisotopic (exact) mass is 272 g/mol. The van der Waals surface area contributed by atoms with Gasteiger partial charge in [0, 0.05) is 6.54 Å². The molecule has 0 saturated carbocycles. The number of nitrogens with zero attached hydrogens (tertiary/aromatic N) is 5. The predicted molar refractivity (Wildman–Crippen MR) is 73.2 cm³/mol. The molecule has 3 aromatic rings. The van der Waals surface area contributed by atoms with E-state index in [1.54, 1.807) is 0 Å². The summed E-state index contributed by atoms with van der Waals surface area (Å²) >= 11 is 0. The highest BCUT2D eigenvalue weighted by Gasteiger charge is 2.13. The average molecular weight is 272 g/mol. The van der Waals surface area contributed by atoms with Crippen molar-refractivity contribution in [2.45, 2.75) is 13.3 Å². The molecule has 0 aliphatic carbocycles. The highest BCUT2D eigenvalue weighted by atomic mass is 19.1. The zero-order valence-electron chi connectivity index (χ0n) is 10.9. The van der Waals surface area contributed by atoms with Gasteiger partial charge >= 0.3 is 0 Å². The molecule has 2 aromatic heterocycles. The van der Waals surface area contributed by atoms with E-state index in [0.29, 0.717) is 17.0 Å². The summed E-state index contributed by atoms with van der Waals surface area (Å²) in [6, 6.07) is 7.33. The Labute approximate surface area is 114 Å². The van der Waals surface area contributed by atoms with E-state index in [2.05, 4.69) is 25.6 Å². The minimum atomic E-state index is -0.539. The van der Waals surface area contributed by atoms with Crippen LogP contribution in [0.2, 0.25) is 0 Å². The first kappa shape index (κ1) is 12.5. The maximum atomic E-state index is 13.9. The third kappa shape index (κ3) is 2.18. The number of fused-ring (bicyclic) bond motifs is 1. The first-order valence-corrected chi connectivity index (χ1v) is 6.37. The van der Waals surface area contributed by atoms with Crippen molar-refractivity contribution in [1.29, 1.82) is 0 Å². The molecule has 6 nitrogen and oxygen atoms in total. The maximum absolute atomic E-state index is 13.9. The number of halogens is 1. The highest BCUT2D eigenvalue weighted by molar-refractivity contribution is 5.75. The lowest BCUT2D eigenvalue weighted by Gasteiger charge is -2.06. The standard InChI is InChI=1S/C13H13FN6/c1-2-7-15-13-16-8-9(14)12(17-13)20-11-6-4-3-5-10(11)18-19-20/h3-6,8H,2,7H2,1H3,(H,15,16,17). The van der Waals surface area contributed by atoms with Gasteiger partial charge in [0.2, 0.25) is 5.95 Å². The van der Waals surface area contributed by atoms with Gasteiger partial charge in [0.05, 0.1) is 11.7 Å². The van der Waals surface area contributed by atoms with E-state index in [0.717, 1.165) is 19.2 Å². The Morgan fingerprint density at radius 1 is 1.30 bits per heavy atom. The van der Waals surface area contributed by atoms with Crippen molar-refractivity contribution in [3.05, 3.63) is 36.3 Å². The molecular formula is C13H13FN6. The quantitative estimate of drug-likeness (QED) is 0.788. The number of rotatable bonds is 4. The first-order valence-electron chi connectivity index (χ1n) is 6.37. The molecule has 7 heteroatoms. The van der Waals surface area contributed by atoms with Crippen molar-refractivity contribution < 1.29 is 4.39 Å². The van der Waals surface area contributed by atoms with E-state index in [9.17, 15) is 4.39 Å². The number of nitrogens with one attached hydrogen (secondary N) is 1. The van der Waals surface area contributed by atoms with E-state index in [-0.39, 0.29) is 5.82 Å². The second-order valence-corrected chi connectivity index (χ2v) is 4.28. The molecule has 0 amide bonds. The van der Waals surface area contributed by atoms with Gasteiger partial charge in [-0.25, -0.2) is 9.37 Å². The Balaban J connectivity index is 2.08. The molecule has 102 valence electrons. The Bertz CT molecular complexity index is 739. The van der Waals surface area contributed by atoms with Crippen molar-refractivity contribution in [3.63, 3.8) is 0 Å². The lowest BCUT2D eigenvalue weighted by molar-refractivity contribution is 0.592. The molecule has 0 bridgehead atoms. The second-order valence-electron chi connectivity index (χ2n) is 4.28. The van der Waals surface area contributed by atoms with Gasteiger partial charge in [-0.2, -0.15) is 9.67 Å². The maximum Gasteiger partial charge on any atom is 0.224 e. The van der Waals surface area contributed by atoms with Crippen LogP contribution < -0.4 is 5.32 Å². The van der Waals surface area contributed by atoms with E-state index in [4.69, 9.17) is 0 Å². The van der Waals surface area contributed by atoms with E-state index in [1.807, 2.05) is 31.2 Å². The number of aromatic nitrogens is 5. The smallest absolute Gasteiger partial charge is 0.224 e. The molecule has 0 unspecified atom stereocenters. The largest absolute Gasteiger partial charge is 0.354 e. The van der Waals surface area contributed by atoms with Crippen molar-refractivity contribution in [1.82, 2.24) is 25.0 Å². The summed E-state index contributed by atoms with van der Waals surface area (Å²) < 4.78 is 15.3. The van der Waals surface area contributed by atoms with Crippen molar-refractivity contribution in [2.24, 2.45) is 0 Å². The van der Waals surface area contributed by atoms with Gasteiger partial charge in [0.15, 0.2) is 11.6 Å². The van der Waals surface area contributed by atoms with Crippen LogP contribution in [0.3, 0.4) is 0 Å². The minimum absolute atomic E-state index is 0.0901. The summed E-state index contributed by atoms with van der Waals surface area (Å²) in [5.74, 6) is -0.0714. The third-order valence-electron chi connectivity index (χ3n) is 2.81. The molecule has 0 aliphatic heterocycles. The molecule has 3 rings (SSSR count). The van der Waals surface area contributed by atoms with Gasteiger partial charge in [-0.05, 0) is 18.6 Å². The average Bonchev–Trinajstić information content (AvgIpc) is 2.90. The summed E-state index contributed by atoms with van der Waals surface area (Å²) in [5.41, 5.74) is 1.39. The molecule has 1 N–H and O–H groups in total. The fourth-order valence-electron chi connectivity index (χ4n) is 1.85. The SMILES string of the molecule is CCCNc1ncc(F)c(-n2nnc3ccccc32)n1. The Hall–Kier alpha value is -2.57. The van der Waals surface area contributed by atoms with Crippen LogP contribution in [0, 0.1) is 5.82 Å². The fourth-order valence-corrected chi connectivity index (χ4v) is 1.85. The Kier molecular flexibility index (Phi) is 3.24. The number of benzene rings is 1. The molecule has 0 atom stereocenters. The summed E-state index contributed by atoms with van der Waals surface area (Å²) in [6.07, 6.45) is 2.07. The van der Waals surface area contributed by atoms with Crippen LogP contribution in [0.1, 0.15) is 13.3 Å². The van der Waals surface area contributed by atoms with Crippen LogP contribution >= 0.6 is 0 Å². The number of para-hydroxylation sites is 1. The Morgan fingerprint density at radius 3 is 3.00 bits per heavy atom. The molecule has 0 saturated heterocycles. The summed E-state index contributed by atoms with van der Waals surface area (Å²) in [5, 5.41) is 11.0. The van der Waals surface area contributed by atoms with Gasteiger partial charge in [0.25, 0.3) is 0 Å². The zero-order chi connectivity index (χ0) is 13.9. The Morgan fingerprint density at radius 2 is 2.15 bits per heavy atom. The number of anilines is 1. The lowest BCUT2D eigenvalue weighted by atomic mass is 10.3. The first-order chi connectivity index (χ1) is 9.79. The van der Waals surface area contributed by atoms with E-state index in [1.165, 1.54) is 4.68 Å². The molecule has 0 spiro atoms. The van der Waals surface area contributed by atoms with Crippen molar-refractivity contribution >= 4 is 17.0 Å². The topological polar surface area (TPSA) is 68.5 Å². The lowest BCUT2D eigenvalue weighted by Crippen LogP contribution is -2.09. The number of hydrogen-bond donors (Lipinski definition) is 1. The number of hydrogen-bond acceptors (Lipinski definition) is 5. The van der Waals surface area contributed by atoms with Crippen LogP contribution in [0.5, 0.6) is 0 Å². The van der Waals surface area contributed by atoms with Crippen LogP contribution in [-0.2, 0) is 0 Å². The van der Waals surface area contributed by atoms with Gasteiger partial charge in [-0.3, -0.25) is 0 Å². The van der Waals surface area contributed by atoms with Crippen LogP contribution in [0.4, 0.5) is 10.3 Å². The van der Waals surface area contributed by atoms with Gasteiger partial charge in [0.1, 0.15) is 5.52 Å². The highest BCUT2D eigenvalue weighted by Crippen LogP contribution is 2.17. The molecule has 0 aliphatic rings. The molecular weight excluding hydrogens is 259 g/mol. The predicted octanol–water partition coefficient (Wildman–Crippen LogP) is 2.17. The van der Waals surface area contributed by atoms with Crippen molar-refractivity contribution in [2.75, 3.05) is 11.9 Å². The van der Waals surface area contributed by atoms with E-state index < -0.39 is 5.82 Å². The zero-order valence-corrected chi connectivity index (χ0v) is 10.9. The summed E-state index contributed by atoms with van der Waals surface area (Å²) in [4.78, 5) is 8.07. The van der Waals surface area contributed by atoms with Crippen LogP contribution in [0.25, 0.3) is 16.9 Å². The molecule has 2 heterocycles. The summed E-state index contributed by atoms with van der Waals surface area (Å²) in [6.45, 7) is 2.76. The van der Waals surface area contributed by atoms with Gasteiger partial charge in [-0.15, -0.1) is 5.10 Å². The van der Waals surface area contributed by atoms with Crippen LogP contribution in [0.15, 0.2) is 30.5 Å². The third-order valence-corrected chi connectivity index (χ3v) is 2.81. The minimum Gasteiger partial charge on any atom is -0.354 e. The van der Waals surface area contributed by atoms with E-state index >= 15 is 0 Å². The van der Waals surface area contributed by atoms with Gasteiger partial charge in [-0.1, -0.05) is 24.3 Å². The second kappa shape index (κ2) is 5.20. The molecule has 0 fully saturated rings. The molecule has 0 radical (unpaired) electrons.